The number of halogens is 1. The van der Waals surface area contributed by atoms with E-state index in [4.69, 9.17) is 17.3 Å². The van der Waals surface area contributed by atoms with Gasteiger partial charge in [-0.15, -0.1) is 0 Å². The van der Waals surface area contributed by atoms with Crippen molar-refractivity contribution in [3.8, 4) is 0 Å². The molecule has 2 N–H and O–H groups in total. The van der Waals surface area contributed by atoms with Crippen LogP contribution in [0.1, 0.15) is 25.3 Å². The molecule has 0 aromatic heterocycles. The van der Waals surface area contributed by atoms with Crippen LogP contribution < -0.4 is 15.5 Å². The standard InChI is InChI=1S/C20H26ClN3/c1-2-24(19-9-5-17(21)6-10-19)20-11-13-23(14-12-20)18-7-3-16(15-22)4-8-18/h3-10,20H,2,11-15,22H2,1H3. The first-order valence-corrected chi connectivity index (χ1v) is 9.15. The van der Waals surface area contributed by atoms with Gasteiger partial charge in [0, 0.05) is 48.6 Å². The van der Waals surface area contributed by atoms with Gasteiger partial charge < -0.3 is 15.5 Å². The number of rotatable bonds is 5. The second-order valence-electron chi connectivity index (χ2n) is 6.35. The van der Waals surface area contributed by atoms with E-state index in [-0.39, 0.29) is 0 Å². The first kappa shape index (κ1) is 17.1. The number of piperidine rings is 1. The zero-order valence-electron chi connectivity index (χ0n) is 14.3. The fourth-order valence-electron chi connectivity index (χ4n) is 3.56. The summed E-state index contributed by atoms with van der Waals surface area (Å²) in [6.45, 7) is 6.05. The Morgan fingerprint density at radius 3 is 2.21 bits per heavy atom. The average molecular weight is 344 g/mol. The molecule has 0 radical (unpaired) electrons. The van der Waals surface area contributed by atoms with Crippen molar-refractivity contribution in [2.45, 2.75) is 32.4 Å². The molecule has 0 amide bonds. The van der Waals surface area contributed by atoms with Gasteiger partial charge in [0.15, 0.2) is 0 Å². The van der Waals surface area contributed by atoms with Crippen LogP contribution in [0.5, 0.6) is 0 Å². The molecule has 1 aliphatic heterocycles. The highest BCUT2D eigenvalue weighted by molar-refractivity contribution is 6.30. The van der Waals surface area contributed by atoms with Crippen LogP contribution in [0.15, 0.2) is 48.5 Å². The van der Waals surface area contributed by atoms with Crippen LogP contribution in [0.3, 0.4) is 0 Å². The first-order chi connectivity index (χ1) is 11.7. The van der Waals surface area contributed by atoms with Crippen LogP contribution in [0.4, 0.5) is 11.4 Å². The monoisotopic (exact) mass is 343 g/mol. The van der Waals surface area contributed by atoms with Gasteiger partial charge in [0.1, 0.15) is 0 Å². The lowest BCUT2D eigenvalue weighted by Crippen LogP contribution is -2.45. The number of hydrogen-bond donors (Lipinski definition) is 1. The maximum atomic E-state index is 6.02. The molecule has 1 saturated heterocycles. The van der Waals surface area contributed by atoms with Gasteiger partial charge in [0.05, 0.1) is 0 Å². The van der Waals surface area contributed by atoms with Crippen molar-refractivity contribution >= 4 is 23.0 Å². The van der Waals surface area contributed by atoms with Gasteiger partial charge >= 0.3 is 0 Å². The molecule has 2 aromatic carbocycles. The average Bonchev–Trinajstić information content (AvgIpc) is 2.64. The van der Waals surface area contributed by atoms with Crippen molar-refractivity contribution in [2.24, 2.45) is 5.73 Å². The summed E-state index contributed by atoms with van der Waals surface area (Å²) in [5, 5.41) is 0.797. The quantitative estimate of drug-likeness (QED) is 0.878. The fourth-order valence-corrected chi connectivity index (χ4v) is 3.69. The highest BCUT2D eigenvalue weighted by Gasteiger charge is 2.24. The van der Waals surface area contributed by atoms with Gasteiger partial charge in [-0.3, -0.25) is 0 Å². The highest BCUT2D eigenvalue weighted by atomic mass is 35.5. The molecule has 0 spiro atoms. The molecule has 24 heavy (non-hydrogen) atoms. The van der Waals surface area contributed by atoms with Crippen molar-refractivity contribution in [3.05, 3.63) is 59.1 Å². The molecule has 2 aromatic rings. The smallest absolute Gasteiger partial charge is 0.0407 e. The van der Waals surface area contributed by atoms with E-state index in [1.807, 2.05) is 12.1 Å². The molecular weight excluding hydrogens is 318 g/mol. The summed E-state index contributed by atoms with van der Waals surface area (Å²) in [7, 11) is 0. The number of hydrogen-bond acceptors (Lipinski definition) is 3. The van der Waals surface area contributed by atoms with E-state index in [1.54, 1.807) is 0 Å². The zero-order chi connectivity index (χ0) is 16.9. The third kappa shape index (κ3) is 3.85. The summed E-state index contributed by atoms with van der Waals surface area (Å²) >= 11 is 6.02. The summed E-state index contributed by atoms with van der Waals surface area (Å²) in [5.74, 6) is 0. The summed E-state index contributed by atoms with van der Waals surface area (Å²) in [6.07, 6.45) is 2.35. The van der Waals surface area contributed by atoms with E-state index >= 15 is 0 Å². The summed E-state index contributed by atoms with van der Waals surface area (Å²) in [4.78, 5) is 4.98. The van der Waals surface area contributed by atoms with Gasteiger partial charge in [-0.1, -0.05) is 23.7 Å². The zero-order valence-corrected chi connectivity index (χ0v) is 15.0. The Hall–Kier alpha value is -1.71. The van der Waals surface area contributed by atoms with Crippen LogP contribution in [-0.4, -0.2) is 25.7 Å². The molecule has 0 atom stereocenters. The van der Waals surface area contributed by atoms with Crippen molar-refractivity contribution in [1.29, 1.82) is 0 Å². The Bertz CT molecular complexity index is 631. The first-order valence-electron chi connectivity index (χ1n) is 8.77. The van der Waals surface area contributed by atoms with Crippen molar-refractivity contribution in [3.63, 3.8) is 0 Å². The normalized spacial score (nSPS) is 15.5. The number of nitrogens with two attached hydrogens (primary N) is 1. The lowest BCUT2D eigenvalue weighted by molar-refractivity contribution is 0.470. The van der Waals surface area contributed by atoms with Crippen LogP contribution in [0, 0.1) is 0 Å². The molecule has 1 fully saturated rings. The molecule has 128 valence electrons. The number of benzene rings is 2. The molecule has 1 heterocycles. The SMILES string of the molecule is CCN(c1ccc(Cl)cc1)C1CCN(c2ccc(CN)cc2)CC1. The van der Waals surface area contributed by atoms with Gasteiger partial charge in [-0.25, -0.2) is 0 Å². The van der Waals surface area contributed by atoms with Crippen molar-refractivity contribution in [2.75, 3.05) is 29.4 Å². The Kier molecular flexibility index (Phi) is 5.64. The molecule has 0 aliphatic carbocycles. The van der Waals surface area contributed by atoms with Gasteiger partial charge in [0.2, 0.25) is 0 Å². The minimum absolute atomic E-state index is 0.593. The Labute approximate surface area is 150 Å². The van der Waals surface area contributed by atoms with E-state index in [9.17, 15) is 0 Å². The molecule has 0 bridgehead atoms. The molecule has 3 nitrogen and oxygen atoms in total. The maximum absolute atomic E-state index is 6.02. The lowest BCUT2D eigenvalue weighted by Gasteiger charge is -2.40. The Morgan fingerprint density at radius 2 is 1.67 bits per heavy atom. The maximum Gasteiger partial charge on any atom is 0.0407 e. The molecule has 0 unspecified atom stereocenters. The number of anilines is 2. The number of nitrogens with zero attached hydrogens (tertiary/aromatic N) is 2. The van der Waals surface area contributed by atoms with Crippen molar-refractivity contribution in [1.82, 2.24) is 0 Å². The summed E-state index contributed by atoms with van der Waals surface area (Å²) in [5.41, 5.74) is 9.45. The predicted molar refractivity (Wildman–Crippen MR) is 104 cm³/mol. The van der Waals surface area contributed by atoms with Gasteiger partial charge in [-0.05, 0) is 61.7 Å². The predicted octanol–water partition coefficient (Wildman–Crippen LogP) is 4.29. The third-order valence-corrected chi connectivity index (χ3v) is 5.19. The Morgan fingerprint density at radius 1 is 1.04 bits per heavy atom. The van der Waals surface area contributed by atoms with E-state index in [0.717, 1.165) is 24.7 Å². The summed E-state index contributed by atoms with van der Waals surface area (Å²) in [6, 6.07) is 17.5. The molecule has 0 saturated carbocycles. The summed E-state index contributed by atoms with van der Waals surface area (Å²) < 4.78 is 0. The van der Waals surface area contributed by atoms with E-state index < -0.39 is 0 Å². The van der Waals surface area contributed by atoms with Crippen LogP contribution >= 0.6 is 11.6 Å². The van der Waals surface area contributed by atoms with E-state index in [0.29, 0.717) is 12.6 Å². The highest BCUT2D eigenvalue weighted by Crippen LogP contribution is 2.27. The topological polar surface area (TPSA) is 32.5 Å². The Balaban J connectivity index is 1.63. The molecule has 1 aliphatic rings. The van der Waals surface area contributed by atoms with Crippen LogP contribution in [0.25, 0.3) is 0 Å². The van der Waals surface area contributed by atoms with Crippen LogP contribution in [-0.2, 0) is 6.54 Å². The molecular formula is C20H26ClN3. The van der Waals surface area contributed by atoms with Gasteiger partial charge in [0.25, 0.3) is 0 Å². The minimum atomic E-state index is 0.593. The largest absolute Gasteiger partial charge is 0.371 e. The second-order valence-corrected chi connectivity index (χ2v) is 6.79. The van der Waals surface area contributed by atoms with Gasteiger partial charge in [-0.2, -0.15) is 0 Å². The van der Waals surface area contributed by atoms with E-state index in [2.05, 4.69) is 53.1 Å². The minimum Gasteiger partial charge on any atom is -0.371 e. The van der Waals surface area contributed by atoms with Crippen molar-refractivity contribution < 1.29 is 0 Å². The lowest BCUT2D eigenvalue weighted by atomic mass is 10.0. The molecule has 3 rings (SSSR count). The second kappa shape index (κ2) is 7.91. The third-order valence-electron chi connectivity index (χ3n) is 4.94. The van der Waals surface area contributed by atoms with Crippen LogP contribution in [0.2, 0.25) is 5.02 Å². The van der Waals surface area contributed by atoms with E-state index in [1.165, 1.54) is 29.8 Å². The molecule has 4 heteroatoms. The fraction of sp³-hybridized carbons (Fsp3) is 0.400.